The Bertz CT molecular complexity index is 487. The first-order chi connectivity index (χ1) is 7.58. The van der Waals surface area contributed by atoms with Crippen molar-refractivity contribution in [1.29, 1.82) is 0 Å². The van der Waals surface area contributed by atoms with E-state index in [0.29, 0.717) is 5.92 Å². The third kappa shape index (κ3) is 2.01. The average Bonchev–Trinajstić information content (AvgIpc) is 2.60. The zero-order valence-electron chi connectivity index (χ0n) is 10.2. The number of hydrogen-bond acceptors (Lipinski definition) is 0. The van der Waals surface area contributed by atoms with E-state index in [1.165, 1.54) is 27.8 Å². The Labute approximate surface area is 98.0 Å². The highest BCUT2D eigenvalue weighted by Gasteiger charge is 2.19. The van der Waals surface area contributed by atoms with Gasteiger partial charge in [-0.25, -0.2) is 0 Å². The lowest BCUT2D eigenvalue weighted by Crippen LogP contribution is -1.98. The SMILES string of the molecule is C=C(C)C1=CC(C)=CC1c1cccc(C)c1. The highest BCUT2D eigenvalue weighted by atomic mass is 14.2. The van der Waals surface area contributed by atoms with Crippen LogP contribution < -0.4 is 0 Å². The zero-order chi connectivity index (χ0) is 11.7. The van der Waals surface area contributed by atoms with Gasteiger partial charge in [-0.15, -0.1) is 0 Å². The lowest BCUT2D eigenvalue weighted by Gasteiger charge is -2.14. The van der Waals surface area contributed by atoms with Gasteiger partial charge in [0.1, 0.15) is 0 Å². The van der Waals surface area contributed by atoms with Crippen LogP contribution in [0.5, 0.6) is 0 Å². The van der Waals surface area contributed by atoms with E-state index in [4.69, 9.17) is 0 Å². The third-order valence-corrected chi connectivity index (χ3v) is 3.04. The van der Waals surface area contributed by atoms with Crippen LogP contribution in [-0.2, 0) is 0 Å². The van der Waals surface area contributed by atoms with Crippen molar-refractivity contribution >= 4 is 0 Å². The summed E-state index contributed by atoms with van der Waals surface area (Å²) in [7, 11) is 0. The van der Waals surface area contributed by atoms with E-state index in [9.17, 15) is 0 Å². The van der Waals surface area contributed by atoms with Gasteiger partial charge in [0, 0.05) is 5.92 Å². The fraction of sp³-hybridized carbons (Fsp3) is 0.250. The zero-order valence-corrected chi connectivity index (χ0v) is 10.2. The van der Waals surface area contributed by atoms with Crippen LogP contribution in [0.1, 0.15) is 30.9 Å². The molecule has 0 saturated heterocycles. The van der Waals surface area contributed by atoms with Gasteiger partial charge in [0.2, 0.25) is 0 Å². The summed E-state index contributed by atoms with van der Waals surface area (Å²) < 4.78 is 0. The van der Waals surface area contributed by atoms with E-state index in [0.717, 1.165) is 0 Å². The summed E-state index contributed by atoms with van der Waals surface area (Å²) in [5.41, 5.74) is 6.54. The molecule has 0 heteroatoms. The normalized spacial score (nSPS) is 19.3. The third-order valence-electron chi connectivity index (χ3n) is 3.04. The van der Waals surface area contributed by atoms with Gasteiger partial charge < -0.3 is 0 Å². The van der Waals surface area contributed by atoms with Gasteiger partial charge in [-0.2, -0.15) is 0 Å². The van der Waals surface area contributed by atoms with E-state index in [2.05, 4.69) is 63.8 Å². The highest BCUT2D eigenvalue weighted by molar-refractivity contribution is 5.52. The maximum atomic E-state index is 4.07. The summed E-state index contributed by atoms with van der Waals surface area (Å²) in [5.74, 6) is 0.400. The molecule has 2 rings (SSSR count). The Balaban J connectivity index is 2.42. The molecular weight excluding hydrogens is 192 g/mol. The summed E-state index contributed by atoms with van der Waals surface area (Å²) in [6, 6.07) is 8.72. The van der Waals surface area contributed by atoms with E-state index in [1.807, 2.05) is 0 Å². The van der Waals surface area contributed by atoms with Crippen LogP contribution in [-0.4, -0.2) is 0 Å². The lowest BCUT2D eigenvalue weighted by atomic mass is 9.89. The first-order valence-corrected chi connectivity index (χ1v) is 5.70. The molecule has 1 aromatic rings. The predicted molar refractivity (Wildman–Crippen MR) is 70.6 cm³/mol. The van der Waals surface area contributed by atoms with Crippen LogP contribution in [0.15, 0.2) is 59.7 Å². The number of rotatable bonds is 2. The van der Waals surface area contributed by atoms with Crippen LogP contribution in [0.2, 0.25) is 0 Å². The van der Waals surface area contributed by atoms with E-state index in [-0.39, 0.29) is 0 Å². The van der Waals surface area contributed by atoms with Crippen LogP contribution in [0.3, 0.4) is 0 Å². The fourth-order valence-electron chi connectivity index (χ4n) is 2.26. The largest absolute Gasteiger partial charge is 0.0958 e. The maximum absolute atomic E-state index is 4.07. The second kappa shape index (κ2) is 4.13. The van der Waals surface area contributed by atoms with Crippen molar-refractivity contribution in [3.05, 3.63) is 70.8 Å². The highest BCUT2D eigenvalue weighted by Crippen LogP contribution is 2.36. The molecule has 1 unspecified atom stereocenters. The van der Waals surface area contributed by atoms with Gasteiger partial charge in [-0.1, -0.05) is 59.7 Å². The van der Waals surface area contributed by atoms with Crippen LogP contribution in [0, 0.1) is 6.92 Å². The molecule has 1 atom stereocenters. The van der Waals surface area contributed by atoms with E-state index >= 15 is 0 Å². The fourth-order valence-corrected chi connectivity index (χ4v) is 2.26. The van der Waals surface area contributed by atoms with Crippen molar-refractivity contribution in [2.24, 2.45) is 0 Å². The molecule has 0 spiro atoms. The summed E-state index contributed by atoms with van der Waals surface area (Å²) in [5, 5.41) is 0. The summed E-state index contributed by atoms with van der Waals surface area (Å²) in [6.07, 6.45) is 4.56. The van der Waals surface area contributed by atoms with Gasteiger partial charge in [0.15, 0.2) is 0 Å². The second-order valence-corrected chi connectivity index (χ2v) is 4.68. The summed E-state index contributed by atoms with van der Waals surface area (Å²) in [6.45, 7) is 10.4. The van der Waals surface area contributed by atoms with E-state index < -0.39 is 0 Å². The number of benzene rings is 1. The minimum absolute atomic E-state index is 0.400. The average molecular weight is 210 g/mol. The molecule has 0 fully saturated rings. The first-order valence-electron chi connectivity index (χ1n) is 5.70. The molecule has 0 aromatic heterocycles. The van der Waals surface area contributed by atoms with Gasteiger partial charge in [-0.05, 0) is 31.9 Å². The Kier molecular flexibility index (Phi) is 2.82. The Morgan fingerprint density at radius 1 is 1.25 bits per heavy atom. The minimum atomic E-state index is 0.400. The minimum Gasteiger partial charge on any atom is -0.0958 e. The van der Waals surface area contributed by atoms with Gasteiger partial charge >= 0.3 is 0 Å². The molecule has 0 amide bonds. The van der Waals surface area contributed by atoms with E-state index in [1.54, 1.807) is 0 Å². The monoisotopic (exact) mass is 210 g/mol. The molecule has 82 valence electrons. The van der Waals surface area contributed by atoms with Crippen molar-refractivity contribution in [2.45, 2.75) is 26.7 Å². The smallest absolute Gasteiger partial charge is 0.0277 e. The van der Waals surface area contributed by atoms with Gasteiger partial charge in [0.05, 0.1) is 0 Å². The number of aryl methyl sites for hydroxylation is 1. The van der Waals surface area contributed by atoms with Crippen LogP contribution >= 0.6 is 0 Å². The van der Waals surface area contributed by atoms with Crippen molar-refractivity contribution in [3.63, 3.8) is 0 Å². The molecule has 1 aliphatic rings. The second-order valence-electron chi connectivity index (χ2n) is 4.68. The standard InChI is InChI=1S/C16H18/c1-11(2)15-9-13(4)10-16(15)14-7-5-6-12(3)8-14/h5-10,16H,1H2,2-4H3. The lowest BCUT2D eigenvalue weighted by molar-refractivity contribution is 1.02. The Morgan fingerprint density at radius 2 is 2.00 bits per heavy atom. The Hall–Kier alpha value is -1.56. The van der Waals surface area contributed by atoms with Gasteiger partial charge in [-0.3, -0.25) is 0 Å². The van der Waals surface area contributed by atoms with Crippen LogP contribution in [0.4, 0.5) is 0 Å². The number of allylic oxidation sites excluding steroid dienone is 5. The molecule has 0 N–H and O–H groups in total. The molecule has 0 nitrogen and oxygen atoms in total. The van der Waals surface area contributed by atoms with Crippen molar-refractivity contribution < 1.29 is 0 Å². The molecular formula is C16H18. The number of hydrogen-bond donors (Lipinski definition) is 0. The summed E-state index contributed by atoms with van der Waals surface area (Å²) >= 11 is 0. The topological polar surface area (TPSA) is 0 Å². The van der Waals surface area contributed by atoms with Crippen LogP contribution in [0.25, 0.3) is 0 Å². The van der Waals surface area contributed by atoms with Crippen molar-refractivity contribution in [1.82, 2.24) is 0 Å². The molecule has 0 saturated carbocycles. The predicted octanol–water partition coefficient (Wildman–Crippen LogP) is 4.54. The molecule has 0 bridgehead atoms. The summed E-state index contributed by atoms with van der Waals surface area (Å²) in [4.78, 5) is 0. The van der Waals surface area contributed by atoms with Crippen molar-refractivity contribution in [3.8, 4) is 0 Å². The molecule has 0 aliphatic heterocycles. The first kappa shape index (κ1) is 10.9. The molecule has 0 heterocycles. The Morgan fingerprint density at radius 3 is 2.62 bits per heavy atom. The molecule has 16 heavy (non-hydrogen) atoms. The molecule has 1 aromatic carbocycles. The molecule has 0 radical (unpaired) electrons. The van der Waals surface area contributed by atoms with Gasteiger partial charge in [0.25, 0.3) is 0 Å². The quantitative estimate of drug-likeness (QED) is 0.672. The van der Waals surface area contributed by atoms with Crippen molar-refractivity contribution in [2.75, 3.05) is 0 Å². The molecule has 1 aliphatic carbocycles. The maximum Gasteiger partial charge on any atom is 0.0277 e.